The molecule has 3 aromatic carbocycles. The van der Waals surface area contributed by atoms with E-state index in [1.165, 1.54) is 11.8 Å². The van der Waals surface area contributed by atoms with Crippen LogP contribution in [0.2, 0.25) is 10.0 Å². The van der Waals surface area contributed by atoms with Crippen molar-refractivity contribution in [2.75, 3.05) is 10.2 Å². The Morgan fingerprint density at radius 3 is 1.97 bits per heavy atom. The summed E-state index contributed by atoms with van der Waals surface area (Å²) in [4.78, 5) is 38.9. The Bertz CT molecular complexity index is 1270. The van der Waals surface area contributed by atoms with Crippen LogP contribution in [0.4, 0.5) is 11.4 Å². The van der Waals surface area contributed by atoms with Crippen LogP contribution in [-0.4, -0.2) is 22.7 Å². The number of carbonyl (C=O) groups excluding carboxylic acids is 3. The topological polar surface area (TPSA) is 86.7 Å². The lowest BCUT2D eigenvalue weighted by atomic mass is 9.95. The van der Waals surface area contributed by atoms with E-state index < -0.39 is 17.7 Å². The summed E-state index contributed by atoms with van der Waals surface area (Å²) in [6.07, 6.45) is 0. The normalized spacial score (nSPS) is 17.3. The highest BCUT2D eigenvalue weighted by molar-refractivity contribution is 6.51. The van der Waals surface area contributed by atoms with Gasteiger partial charge in [0, 0.05) is 33.9 Å². The van der Waals surface area contributed by atoms with Crippen LogP contribution in [0.15, 0.2) is 78.4 Å². The standard InChI is InChI=1S/C25H18Cl2N2O4/c1-14(30)28-19-10-12-20(13-11-19)29-22(15-2-6-17(26)7-3-15)21(24(32)25(29)33)23(31)16-4-8-18(27)9-5-16/h2-13,22,31H,1H3,(H,28,30)/b23-21+/t22-/m1/s1. The minimum absolute atomic E-state index is 0.0458. The Hall–Kier alpha value is -3.61. The molecule has 0 radical (unpaired) electrons. The van der Waals surface area contributed by atoms with Crippen molar-refractivity contribution >= 4 is 57.9 Å². The number of hydrogen-bond acceptors (Lipinski definition) is 4. The summed E-state index contributed by atoms with van der Waals surface area (Å²) in [5.74, 6) is -2.12. The van der Waals surface area contributed by atoms with Crippen molar-refractivity contribution in [3.05, 3.63) is 99.5 Å². The summed E-state index contributed by atoms with van der Waals surface area (Å²) in [6, 6.07) is 18.7. The van der Waals surface area contributed by atoms with Crippen molar-refractivity contribution < 1.29 is 19.5 Å². The van der Waals surface area contributed by atoms with Crippen LogP contribution < -0.4 is 10.2 Å². The van der Waals surface area contributed by atoms with Crippen LogP contribution >= 0.6 is 23.2 Å². The second kappa shape index (κ2) is 9.10. The molecule has 0 bridgehead atoms. The SMILES string of the molecule is CC(=O)Nc1ccc(N2C(=O)C(=O)/C(=C(/O)c3ccc(Cl)cc3)[C@H]2c2ccc(Cl)cc2)cc1. The van der Waals surface area contributed by atoms with E-state index in [2.05, 4.69) is 5.32 Å². The van der Waals surface area contributed by atoms with Crippen LogP contribution in [0.1, 0.15) is 24.1 Å². The number of carbonyl (C=O) groups is 3. The lowest BCUT2D eigenvalue weighted by Gasteiger charge is -2.25. The quantitative estimate of drug-likeness (QED) is 0.290. The second-order valence-electron chi connectivity index (χ2n) is 7.46. The first kappa shape index (κ1) is 22.6. The predicted molar refractivity (Wildman–Crippen MR) is 128 cm³/mol. The number of aliphatic hydroxyl groups excluding tert-OH is 1. The number of nitrogens with zero attached hydrogens (tertiary/aromatic N) is 1. The number of amides is 2. The Morgan fingerprint density at radius 1 is 0.879 bits per heavy atom. The van der Waals surface area contributed by atoms with E-state index in [4.69, 9.17) is 23.2 Å². The molecule has 0 aliphatic carbocycles. The second-order valence-corrected chi connectivity index (χ2v) is 8.33. The summed E-state index contributed by atoms with van der Waals surface area (Å²) in [7, 11) is 0. The molecular weight excluding hydrogens is 463 g/mol. The fourth-order valence-electron chi connectivity index (χ4n) is 3.73. The number of Topliss-reactive ketones (excluding diaryl/α,β-unsaturated/α-hetero) is 1. The van der Waals surface area contributed by atoms with Gasteiger partial charge in [0.25, 0.3) is 11.7 Å². The third-order valence-corrected chi connectivity index (χ3v) is 5.72. The van der Waals surface area contributed by atoms with Gasteiger partial charge in [0.1, 0.15) is 5.76 Å². The maximum Gasteiger partial charge on any atom is 0.300 e. The van der Waals surface area contributed by atoms with Gasteiger partial charge in [0.2, 0.25) is 5.91 Å². The summed E-state index contributed by atoms with van der Waals surface area (Å²) in [5, 5.41) is 14.7. The molecule has 1 fully saturated rings. The van der Waals surface area contributed by atoms with Crippen LogP contribution in [-0.2, 0) is 14.4 Å². The molecule has 0 saturated carbocycles. The van der Waals surface area contributed by atoms with Gasteiger partial charge in [0.15, 0.2) is 0 Å². The molecule has 2 N–H and O–H groups in total. The van der Waals surface area contributed by atoms with Crippen molar-refractivity contribution in [1.82, 2.24) is 0 Å². The molecule has 1 aliphatic rings. The number of aliphatic hydroxyl groups is 1. The van der Waals surface area contributed by atoms with Gasteiger partial charge < -0.3 is 10.4 Å². The lowest BCUT2D eigenvalue weighted by Crippen LogP contribution is -2.29. The minimum atomic E-state index is -0.885. The number of benzene rings is 3. The number of nitrogens with one attached hydrogen (secondary N) is 1. The third-order valence-electron chi connectivity index (χ3n) is 5.21. The van der Waals surface area contributed by atoms with Gasteiger partial charge in [-0.05, 0) is 66.2 Å². The monoisotopic (exact) mass is 480 g/mol. The Morgan fingerprint density at radius 2 is 1.42 bits per heavy atom. The van der Waals surface area contributed by atoms with Crippen molar-refractivity contribution in [1.29, 1.82) is 0 Å². The molecule has 0 unspecified atom stereocenters. The first-order valence-electron chi connectivity index (χ1n) is 9.96. The fraction of sp³-hybridized carbons (Fsp3) is 0.0800. The molecule has 1 saturated heterocycles. The van der Waals surface area contributed by atoms with E-state index in [1.807, 2.05) is 0 Å². The molecule has 3 aromatic rings. The van der Waals surface area contributed by atoms with Crippen molar-refractivity contribution in [2.24, 2.45) is 0 Å². The number of hydrogen-bond donors (Lipinski definition) is 2. The van der Waals surface area contributed by atoms with E-state index in [1.54, 1.807) is 72.8 Å². The van der Waals surface area contributed by atoms with Gasteiger partial charge in [-0.2, -0.15) is 0 Å². The van der Waals surface area contributed by atoms with Crippen molar-refractivity contribution in [2.45, 2.75) is 13.0 Å². The molecule has 6 nitrogen and oxygen atoms in total. The number of rotatable bonds is 4. The first-order chi connectivity index (χ1) is 15.8. The van der Waals surface area contributed by atoms with E-state index in [0.29, 0.717) is 32.5 Å². The molecule has 1 atom stereocenters. The highest BCUT2D eigenvalue weighted by atomic mass is 35.5. The molecule has 1 aliphatic heterocycles. The highest BCUT2D eigenvalue weighted by Gasteiger charge is 2.46. The summed E-state index contributed by atoms with van der Waals surface area (Å²) < 4.78 is 0. The summed E-state index contributed by atoms with van der Waals surface area (Å²) >= 11 is 12.0. The van der Waals surface area contributed by atoms with Gasteiger partial charge in [-0.1, -0.05) is 35.3 Å². The smallest absolute Gasteiger partial charge is 0.300 e. The van der Waals surface area contributed by atoms with E-state index in [-0.39, 0.29) is 17.2 Å². The highest BCUT2D eigenvalue weighted by Crippen LogP contribution is 2.42. The number of anilines is 2. The van der Waals surface area contributed by atoms with E-state index in [0.717, 1.165) is 0 Å². The molecule has 166 valence electrons. The van der Waals surface area contributed by atoms with Gasteiger partial charge in [0.05, 0.1) is 11.6 Å². The Kier molecular flexibility index (Phi) is 6.22. The Labute approximate surface area is 200 Å². The summed E-state index contributed by atoms with van der Waals surface area (Å²) in [5.41, 5.74) is 1.89. The van der Waals surface area contributed by atoms with Crippen molar-refractivity contribution in [3.8, 4) is 0 Å². The fourth-order valence-corrected chi connectivity index (χ4v) is 3.98. The minimum Gasteiger partial charge on any atom is -0.507 e. The first-order valence-corrected chi connectivity index (χ1v) is 10.7. The maximum atomic E-state index is 13.1. The molecular formula is C25H18Cl2N2O4. The van der Waals surface area contributed by atoms with Crippen LogP contribution in [0, 0.1) is 0 Å². The molecule has 33 heavy (non-hydrogen) atoms. The van der Waals surface area contributed by atoms with Gasteiger partial charge >= 0.3 is 0 Å². The van der Waals surface area contributed by atoms with Gasteiger partial charge in [-0.15, -0.1) is 0 Å². The zero-order valence-electron chi connectivity index (χ0n) is 17.4. The van der Waals surface area contributed by atoms with Crippen LogP contribution in [0.5, 0.6) is 0 Å². The van der Waals surface area contributed by atoms with Crippen LogP contribution in [0.3, 0.4) is 0 Å². The van der Waals surface area contributed by atoms with Crippen LogP contribution in [0.25, 0.3) is 5.76 Å². The molecule has 0 aromatic heterocycles. The zero-order chi connectivity index (χ0) is 23.7. The Balaban J connectivity index is 1.87. The zero-order valence-corrected chi connectivity index (χ0v) is 18.9. The van der Waals surface area contributed by atoms with Gasteiger partial charge in [-0.3, -0.25) is 19.3 Å². The molecule has 8 heteroatoms. The number of ketones is 1. The molecule has 2 amide bonds. The molecule has 0 spiro atoms. The third kappa shape index (κ3) is 4.49. The predicted octanol–water partition coefficient (Wildman–Crippen LogP) is 5.58. The van der Waals surface area contributed by atoms with Crippen molar-refractivity contribution in [3.63, 3.8) is 0 Å². The van der Waals surface area contributed by atoms with E-state index >= 15 is 0 Å². The molecule has 1 heterocycles. The maximum absolute atomic E-state index is 13.1. The average Bonchev–Trinajstić information content (AvgIpc) is 3.05. The largest absolute Gasteiger partial charge is 0.507 e. The average molecular weight is 481 g/mol. The van der Waals surface area contributed by atoms with Gasteiger partial charge in [-0.25, -0.2) is 0 Å². The van der Waals surface area contributed by atoms with E-state index in [9.17, 15) is 19.5 Å². The summed E-state index contributed by atoms with van der Waals surface area (Å²) in [6.45, 7) is 1.39. The number of halogens is 2. The lowest BCUT2D eigenvalue weighted by molar-refractivity contribution is -0.132. The molecule has 4 rings (SSSR count).